The van der Waals surface area contributed by atoms with Crippen LogP contribution >= 0.6 is 0 Å². The maximum atomic E-state index is 12.9. The number of allylic oxidation sites excluding steroid dienone is 10. The number of carbonyl (C=O) groups excluding carboxylic acids is 3. The fraction of sp³-hybridized carbons (Fsp3) is 0.787. The predicted octanol–water partition coefficient (Wildman–Crippen LogP) is 19.2. The zero-order valence-corrected chi connectivity index (χ0v) is 44.4. The molecule has 0 N–H and O–H groups in total. The van der Waals surface area contributed by atoms with Crippen LogP contribution in [-0.2, 0) is 28.6 Å². The summed E-state index contributed by atoms with van der Waals surface area (Å²) in [5.41, 5.74) is 0. The molecule has 388 valence electrons. The first-order valence-electron chi connectivity index (χ1n) is 28.8. The van der Waals surface area contributed by atoms with E-state index in [1.807, 2.05) is 0 Å². The zero-order chi connectivity index (χ0) is 48.6. The minimum absolute atomic E-state index is 0.0860. The molecule has 0 unspecified atom stereocenters. The van der Waals surface area contributed by atoms with Crippen LogP contribution in [0.3, 0.4) is 0 Å². The average molecular weight is 938 g/mol. The van der Waals surface area contributed by atoms with Crippen molar-refractivity contribution in [2.45, 2.75) is 297 Å². The Morgan fingerprint density at radius 2 is 0.537 bits per heavy atom. The fourth-order valence-electron chi connectivity index (χ4n) is 8.09. The van der Waals surface area contributed by atoms with Gasteiger partial charge in [0.15, 0.2) is 6.10 Å². The number of hydrogen-bond donors (Lipinski definition) is 0. The SMILES string of the molecule is CCCCC/C=C\C/C=C\CCCCCCCC(=O)OCC(COC(=O)CCCCCCC/C=C\C/C=C\CCCCC)OC(=O)CCCCCCCCCCC/C=C\CCCCCCCC. The maximum absolute atomic E-state index is 12.9. The van der Waals surface area contributed by atoms with Gasteiger partial charge >= 0.3 is 17.9 Å². The Morgan fingerprint density at radius 1 is 0.299 bits per heavy atom. The monoisotopic (exact) mass is 937 g/mol. The lowest BCUT2D eigenvalue weighted by molar-refractivity contribution is -0.167. The highest BCUT2D eigenvalue weighted by Crippen LogP contribution is 2.15. The Labute approximate surface area is 415 Å². The fourth-order valence-corrected chi connectivity index (χ4v) is 8.09. The van der Waals surface area contributed by atoms with Crippen LogP contribution in [0.25, 0.3) is 0 Å². The average Bonchev–Trinajstić information content (AvgIpc) is 3.33. The van der Waals surface area contributed by atoms with Gasteiger partial charge in [-0.1, -0.05) is 223 Å². The first-order chi connectivity index (χ1) is 33.0. The van der Waals surface area contributed by atoms with E-state index in [4.69, 9.17) is 14.2 Å². The second kappa shape index (κ2) is 55.7. The van der Waals surface area contributed by atoms with Crippen molar-refractivity contribution in [1.29, 1.82) is 0 Å². The Hall–Kier alpha value is -2.89. The van der Waals surface area contributed by atoms with Gasteiger partial charge in [0, 0.05) is 19.3 Å². The van der Waals surface area contributed by atoms with Crippen molar-refractivity contribution < 1.29 is 28.6 Å². The van der Waals surface area contributed by atoms with Gasteiger partial charge in [-0.2, -0.15) is 0 Å². The Balaban J connectivity index is 4.40. The van der Waals surface area contributed by atoms with E-state index < -0.39 is 6.10 Å². The van der Waals surface area contributed by atoms with Crippen molar-refractivity contribution in [1.82, 2.24) is 0 Å². The molecule has 0 saturated heterocycles. The van der Waals surface area contributed by atoms with E-state index in [1.165, 1.54) is 154 Å². The molecule has 0 amide bonds. The molecule has 0 aromatic rings. The summed E-state index contributed by atoms with van der Waals surface area (Å²) in [6.45, 7) is 6.58. The Kier molecular flexibility index (Phi) is 53.3. The quantitative estimate of drug-likeness (QED) is 0.0262. The van der Waals surface area contributed by atoms with Crippen LogP contribution in [0.2, 0.25) is 0 Å². The van der Waals surface area contributed by atoms with Crippen molar-refractivity contribution >= 4 is 17.9 Å². The first kappa shape index (κ1) is 64.1. The van der Waals surface area contributed by atoms with Crippen molar-refractivity contribution in [2.24, 2.45) is 0 Å². The number of hydrogen-bond acceptors (Lipinski definition) is 6. The van der Waals surface area contributed by atoms with Crippen LogP contribution in [0.5, 0.6) is 0 Å². The molecule has 0 aromatic carbocycles. The normalized spacial score (nSPS) is 12.1. The predicted molar refractivity (Wildman–Crippen MR) is 288 cm³/mol. The van der Waals surface area contributed by atoms with Crippen molar-refractivity contribution in [2.75, 3.05) is 13.2 Å². The van der Waals surface area contributed by atoms with Crippen LogP contribution in [0.15, 0.2) is 60.8 Å². The molecule has 0 aromatic heterocycles. The van der Waals surface area contributed by atoms with Gasteiger partial charge in [0.2, 0.25) is 0 Å². The summed E-state index contributed by atoms with van der Waals surface area (Å²) in [6.07, 6.45) is 69.2. The molecule has 0 atom stereocenters. The lowest BCUT2D eigenvalue weighted by Gasteiger charge is -2.18. The highest BCUT2D eigenvalue weighted by atomic mass is 16.6. The molecule has 0 bridgehead atoms. The van der Waals surface area contributed by atoms with E-state index in [0.717, 1.165) is 96.3 Å². The van der Waals surface area contributed by atoms with Gasteiger partial charge in [-0.05, 0) is 109 Å². The second-order valence-corrected chi connectivity index (χ2v) is 19.2. The van der Waals surface area contributed by atoms with Crippen molar-refractivity contribution in [3.63, 3.8) is 0 Å². The van der Waals surface area contributed by atoms with Crippen molar-refractivity contribution in [3.05, 3.63) is 60.8 Å². The molecule has 0 fully saturated rings. The number of unbranched alkanes of at least 4 members (excludes halogenated alkanes) is 31. The summed E-state index contributed by atoms with van der Waals surface area (Å²) in [4.78, 5) is 38.1. The van der Waals surface area contributed by atoms with Crippen LogP contribution in [0.1, 0.15) is 290 Å². The molecule has 0 aliphatic rings. The third-order valence-electron chi connectivity index (χ3n) is 12.5. The third-order valence-corrected chi connectivity index (χ3v) is 12.5. The zero-order valence-electron chi connectivity index (χ0n) is 44.4. The molecular weight excluding hydrogens is 829 g/mol. The minimum atomic E-state index is -0.787. The molecule has 0 rings (SSSR count). The van der Waals surface area contributed by atoms with E-state index in [-0.39, 0.29) is 31.1 Å². The summed E-state index contributed by atoms with van der Waals surface area (Å²) in [6, 6.07) is 0. The van der Waals surface area contributed by atoms with Gasteiger partial charge in [-0.3, -0.25) is 14.4 Å². The smallest absolute Gasteiger partial charge is 0.306 e. The van der Waals surface area contributed by atoms with Gasteiger partial charge in [-0.15, -0.1) is 0 Å². The van der Waals surface area contributed by atoms with E-state index in [1.54, 1.807) is 0 Å². The van der Waals surface area contributed by atoms with Crippen LogP contribution in [0, 0.1) is 0 Å². The molecular formula is C61H108O6. The van der Waals surface area contributed by atoms with Gasteiger partial charge in [0.05, 0.1) is 0 Å². The summed E-state index contributed by atoms with van der Waals surface area (Å²) in [5.74, 6) is -0.904. The molecule has 0 spiro atoms. The minimum Gasteiger partial charge on any atom is -0.462 e. The lowest BCUT2D eigenvalue weighted by atomic mass is 10.1. The summed E-state index contributed by atoms with van der Waals surface area (Å²) >= 11 is 0. The maximum Gasteiger partial charge on any atom is 0.306 e. The third kappa shape index (κ3) is 53.9. The summed E-state index contributed by atoms with van der Waals surface area (Å²) in [7, 11) is 0. The first-order valence-corrected chi connectivity index (χ1v) is 28.8. The summed E-state index contributed by atoms with van der Waals surface area (Å²) < 4.78 is 16.9. The molecule has 6 nitrogen and oxygen atoms in total. The Bertz CT molecular complexity index is 1150. The highest BCUT2D eigenvalue weighted by molar-refractivity contribution is 5.71. The van der Waals surface area contributed by atoms with Crippen LogP contribution in [-0.4, -0.2) is 37.2 Å². The van der Waals surface area contributed by atoms with E-state index >= 15 is 0 Å². The van der Waals surface area contributed by atoms with Gasteiger partial charge in [-0.25, -0.2) is 0 Å². The van der Waals surface area contributed by atoms with Gasteiger partial charge in [0.25, 0.3) is 0 Å². The summed E-state index contributed by atoms with van der Waals surface area (Å²) in [5, 5.41) is 0. The Morgan fingerprint density at radius 3 is 0.866 bits per heavy atom. The van der Waals surface area contributed by atoms with Gasteiger partial charge < -0.3 is 14.2 Å². The number of carbonyl (C=O) groups is 3. The topological polar surface area (TPSA) is 78.9 Å². The molecule has 0 heterocycles. The van der Waals surface area contributed by atoms with Crippen LogP contribution < -0.4 is 0 Å². The van der Waals surface area contributed by atoms with E-state index in [9.17, 15) is 14.4 Å². The van der Waals surface area contributed by atoms with Gasteiger partial charge in [0.1, 0.15) is 13.2 Å². The number of esters is 3. The number of ether oxygens (including phenoxy) is 3. The van der Waals surface area contributed by atoms with E-state index in [0.29, 0.717) is 19.3 Å². The largest absolute Gasteiger partial charge is 0.462 e. The van der Waals surface area contributed by atoms with Crippen LogP contribution in [0.4, 0.5) is 0 Å². The van der Waals surface area contributed by atoms with Crippen molar-refractivity contribution in [3.8, 4) is 0 Å². The molecule has 0 radical (unpaired) electrons. The molecule has 0 aliphatic carbocycles. The van der Waals surface area contributed by atoms with E-state index in [2.05, 4.69) is 81.5 Å². The molecule has 0 aliphatic heterocycles. The number of rotatable bonds is 52. The second-order valence-electron chi connectivity index (χ2n) is 19.2. The standard InChI is InChI=1S/C61H108O6/c1-4-7-10-13-16-19-22-25-28-29-30-31-34-37-40-43-46-49-52-55-61(64)67-58(56-65-59(62)53-50-47-44-41-38-35-32-26-23-20-17-14-11-8-5-2)57-66-60(63)54-51-48-45-42-39-36-33-27-24-21-18-15-12-9-6-3/h17-18,20-21,25-28,32-33,58H,4-16,19,22-24,29-31,34-57H2,1-3H3/b20-17-,21-18-,28-25-,32-26-,33-27-. The highest BCUT2D eigenvalue weighted by Gasteiger charge is 2.19. The molecule has 0 saturated carbocycles. The lowest BCUT2D eigenvalue weighted by Crippen LogP contribution is -2.30. The molecule has 6 heteroatoms. The molecule has 67 heavy (non-hydrogen) atoms.